The number of anilines is 1. The number of nitrogens with zero attached hydrogens (tertiary/aromatic N) is 3. The molecule has 5 nitrogen and oxygen atoms in total. The number of carbonyl (C=O) groups excluding carboxylic acids is 1. The third-order valence-corrected chi connectivity index (χ3v) is 4.92. The summed E-state index contributed by atoms with van der Waals surface area (Å²) in [5.74, 6) is -0.0304. The van der Waals surface area contributed by atoms with Crippen LogP contribution >= 0.6 is 11.6 Å². The zero-order valence-corrected chi connectivity index (χ0v) is 14.6. The first-order valence-electron chi connectivity index (χ1n) is 8.33. The van der Waals surface area contributed by atoms with Crippen molar-refractivity contribution in [3.63, 3.8) is 0 Å². The molecule has 26 heavy (non-hydrogen) atoms. The number of H-pyrrole nitrogens is 1. The zero-order chi connectivity index (χ0) is 18.1. The summed E-state index contributed by atoms with van der Waals surface area (Å²) in [6.45, 7) is 0.597. The predicted octanol–water partition coefficient (Wildman–Crippen LogP) is 3.86. The fourth-order valence-electron chi connectivity index (χ4n) is 3.24. The number of nitrogens with one attached hydrogen (secondary N) is 1. The van der Waals surface area contributed by atoms with Crippen molar-refractivity contribution in [3.05, 3.63) is 65.2 Å². The van der Waals surface area contributed by atoms with Gasteiger partial charge in [-0.25, -0.2) is 4.39 Å². The maximum absolute atomic E-state index is 13.6. The van der Waals surface area contributed by atoms with Gasteiger partial charge in [-0.05, 0) is 42.7 Å². The molecule has 4 rings (SSSR count). The Bertz CT molecular complexity index is 944. The summed E-state index contributed by atoms with van der Waals surface area (Å²) in [5, 5.41) is 7.33. The minimum atomic E-state index is -0.458. The highest BCUT2D eigenvalue weighted by Crippen LogP contribution is 2.29. The molecule has 0 aliphatic carbocycles. The number of hydrogen-bond donors (Lipinski definition) is 1. The van der Waals surface area contributed by atoms with E-state index >= 15 is 0 Å². The van der Waals surface area contributed by atoms with Gasteiger partial charge in [0, 0.05) is 36.5 Å². The van der Waals surface area contributed by atoms with Crippen LogP contribution in [0.4, 0.5) is 10.2 Å². The first-order chi connectivity index (χ1) is 12.6. The molecular weight excluding hydrogens is 355 g/mol. The molecule has 0 spiro atoms. The van der Waals surface area contributed by atoms with Crippen LogP contribution in [0.3, 0.4) is 0 Å². The van der Waals surface area contributed by atoms with Gasteiger partial charge in [0.25, 0.3) is 0 Å². The number of pyridine rings is 1. The SMILES string of the molecule is O=C1C(Cc2ccc(Cl)c(F)c2)CCN1c1cc(-c2ccncc2)[nH]n1. The van der Waals surface area contributed by atoms with Gasteiger partial charge >= 0.3 is 0 Å². The van der Waals surface area contributed by atoms with E-state index in [0.29, 0.717) is 25.2 Å². The van der Waals surface area contributed by atoms with Gasteiger partial charge in [-0.15, -0.1) is 0 Å². The molecule has 1 aliphatic heterocycles. The van der Waals surface area contributed by atoms with Crippen molar-refractivity contribution in [2.24, 2.45) is 5.92 Å². The summed E-state index contributed by atoms with van der Waals surface area (Å²) < 4.78 is 13.6. The Morgan fingerprint density at radius 1 is 1.23 bits per heavy atom. The average Bonchev–Trinajstić information content (AvgIpc) is 3.27. The molecule has 7 heteroatoms. The summed E-state index contributed by atoms with van der Waals surface area (Å²) in [5.41, 5.74) is 2.56. The lowest BCUT2D eigenvalue weighted by Crippen LogP contribution is -2.28. The Balaban J connectivity index is 1.49. The molecule has 1 fully saturated rings. The number of carbonyl (C=O) groups is 1. The lowest BCUT2D eigenvalue weighted by molar-refractivity contribution is -0.120. The number of aromatic amines is 1. The molecule has 1 aliphatic rings. The topological polar surface area (TPSA) is 61.9 Å². The van der Waals surface area contributed by atoms with E-state index < -0.39 is 5.82 Å². The normalized spacial score (nSPS) is 17.1. The zero-order valence-electron chi connectivity index (χ0n) is 13.8. The van der Waals surface area contributed by atoms with Gasteiger partial charge in [0.05, 0.1) is 10.7 Å². The monoisotopic (exact) mass is 370 g/mol. The minimum absolute atomic E-state index is 0.00753. The number of benzene rings is 1. The maximum Gasteiger partial charge on any atom is 0.231 e. The van der Waals surface area contributed by atoms with Gasteiger partial charge in [-0.3, -0.25) is 19.8 Å². The van der Waals surface area contributed by atoms with Crippen molar-refractivity contribution in [2.75, 3.05) is 11.4 Å². The maximum atomic E-state index is 13.6. The molecular formula is C19H16ClFN4O. The molecule has 0 saturated carbocycles. The van der Waals surface area contributed by atoms with Crippen molar-refractivity contribution in [2.45, 2.75) is 12.8 Å². The fourth-order valence-corrected chi connectivity index (χ4v) is 3.35. The van der Waals surface area contributed by atoms with Crippen LogP contribution in [0.1, 0.15) is 12.0 Å². The third-order valence-electron chi connectivity index (χ3n) is 4.61. The molecule has 1 saturated heterocycles. The van der Waals surface area contributed by atoms with Crippen molar-refractivity contribution in [1.29, 1.82) is 0 Å². The molecule has 132 valence electrons. The van der Waals surface area contributed by atoms with Crippen molar-refractivity contribution in [3.8, 4) is 11.3 Å². The van der Waals surface area contributed by atoms with E-state index in [-0.39, 0.29) is 16.8 Å². The van der Waals surface area contributed by atoms with Crippen molar-refractivity contribution < 1.29 is 9.18 Å². The number of halogens is 2. The van der Waals surface area contributed by atoms with Gasteiger partial charge in [-0.2, -0.15) is 5.10 Å². The number of hydrogen-bond acceptors (Lipinski definition) is 3. The molecule has 1 aromatic carbocycles. The quantitative estimate of drug-likeness (QED) is 0.758. The highest BCUT2D eigenvalue weighted by atomic mass is 35.5. The second-order valence-electron chi connectivity index (χ2n) is 6.30. The fraction of sp³-hybridized carbons (Fsp3) is 0.211. The molecule has 3 aromatic rings. The minimum Gasteiger partial charge on any atom is -0.295 e. The smallest absolute Gasteiger partial charge is 0.231 e. The van der Waals surface area contributed by atoms with E-state index in [1.165, 1.54) is 12.1 Å². The van der Waals surface area contributed by atoms with Crippen LogP contribution in [0.5, 0.6) is 0 Å². The molecule has 0 radical (unpaired) electrons. The van der Waals surface area contributed by atoms with E-state index in [4.69, 9.17) is 11.6 Å². The molecule has 2 aromatic heterocycles. The Morgan fingerprint density at radius 2 is 2.04 bits per heavy atom. The first-order valence-corrected chi connectivity index (χ1v) is 8.71. The number of rotatable bonds is 4. The molecule has 1 amide bonds. The van der Waals surface area contributed by atoms with Gasteiger partial charge in [-0.1, -0.05) is 17.7 Å². The van der Waals surface area contributed by atoms with Crippen LogP contribution < -0.4 is 4.90 Å². The van der Waals surface area contributed by atoms with Crippen LogP contribution in [-0.2, 0) is 11.2 Å². The van der Waals surface area contributed by atoms with E-state index in [1.54, 1.807) is 23.4 Å². The van der Waals surface area contributed by atoms with Gasteiger partial charge < -0.3 is 0 Å². The standard InChI is InChI=1S/C19H16ClFN4O/c20-15-2-1-12(10-16(15)21)9-14-5-8-25(19(14)26)18-11-17(23-24-18)13-3-6-22-7-4-13/h1-4,6-7,10-11,14H,5,8-9H2,(H,23,24). The van der Waals surface area contributed by atoms with Crippen LogP contribution in [0.2, 0.25) is 5.02 Å². The first kappa shape index (κ1) is 16.7. The van der Waals surface area contributed by atoms with Crippen LogP contribution in [0.15, 0.2) is 48.8 Å². The second-order valence-corrected chi connectivity index (χ2v) is 6.71. The second kappa shape index (κ2) is 6.88. The third kappa shape index (κ3) is 3.20. The van der Waals surface area contributed by atoms with Crippen molar-refractivity contribution in [1.82, 2.24) is 15.2 Å². The van der Waals surface area contributed by atoms with E-state index in [1.807, 2.05) is 18.2 Å². The number of aromatic nitrogens is 3. The van der Waals surface area contributed by atoms with Crippen LogP contribution in [-0.4, -0.2) is 27.6 Å². The van der Waals surface area contributed by atoms with Gasteiger partial charge in [0.1, 0.15) is 5.82 Å². The average molecular weight is 371 g/mol. The molecule has 0 bridgehead atoms. The summed E-state index contributed by atoms with van der Waals surface area (Å²) in [6.07, 6.45) is 4.61. The largest absolute Gasteiger partial charge is 0.295 e. The molecule has 1 atom stereocenters. The summed E-state index contributed by atoms with van der Waals surface area (Å²) >= 11 is 5.72. The summed E-state index contributed by atoms with van der Waals surface area (Å²) in [4.78, 5) is 18.4. The highest BCUT2D eigenvalue weighted by Gasteiger charge is 2.33. The van der Waals surface area contributed by atoms with E-state index in [0.717, 1.165) is 16.8 Å². The molecule has 1 unspecified atom stereocenters. The van der Waals surface area contributed by atoms with Crippen LogP contribution in [0.25, 0.3) is 11.3 Å². The lowest BCUT2D eigenvalue weighted by Gasteiger charge is -2.13. The highest BCUT2D eigenvalue weighted by molar-refractivity contribution is 6.30. The van der Waals surface area contributed by atoms with E-state index in [2.05, 4.69) is 15.2 Å². The Labute approximate surface area is 154 Å². The van der Waals surface area contributed by atoms with Gasteiger partial charge in [0.2, 0.25) is 5.91 Å². The summed E-state index contributed by atoms with van der Waals surface area (Å²) in [7, 11) is 0. The molecule has 3 heterocycles. The predicted molar refractivity (Wildman–Crippen MR) is 97.4 cm³/mol. The number of amides is 1. The van der Waals surface area contributed by atoms with Gasteiger partial charge in [0.15, 0.2) is 5.82 Å². The summed E-state index contributed by atoms with van der Waals surface area (Å²) in [6, 6.07) is 10.3. The Morgan fingerprint density at radius 3 is 2.81 bits per heavy atom. The Kier molecular flexibility index (Phi) is 4.42. The molecule has 1 N–H and O–H groups in total. The lowest BCUT2D eigenvalue weighted by atomic mass is 9.98. The Hall–Kier alpha value is -2.73. The van der Waals surface area contributed by atoms with E-state index in [9.17, 15) is 9.18 Å². The van der Waals surface area contributed by atoms with Crippen LogP contribution in [0, 0.1) is 11.7 Å². The van der Waals surface area contributed by atoms with Crippen molar-refractivity contribution >= 4 is 23.3 Å².